The van der Waals surface area contributed by atoms with E-state index in [-0.39, 0.29) is 29.1 Å². The number of fused-ring (bicyclic) bond motifs is 7. The van der Waals surface area contributed by atoms with Gasteiger partial charge in [0.2, 0.25) is 17.7 Å². The van der Waals surface area contributed by atoms with Gasteiger partial charge in [0, 0.05) is 23.4 Å². The summed E-state index contributed by atoms with van der Waals surface area (Å²) in [4.78, 5) is 55.6. The first-order valence-corrected chi connectivity index (χ1v) is 11.6. The second-order valence-corrected chi connectivity index (χ2v) is 9.76. The molecule has 2 aromatic rings. The van der Waals surface area contributed by atoms with Gasteiger partial charge < -0.3 is 10.1 Å². The van der Waals surface area contributed by atoms with E-state index >= 15 is 0 Å². The van der Waals surface area contributed by atoms with Crippen LogP contribution in [0.5, 0.6) is 5.75 Å². The number of amides is 3. The number of hydrogen-bond acceptors (Lipinski definition) is 7. The quantitative estimate of drug-likeness (QED) is 0.411. The van der Waals surface area contributed by atoms with E-state index in [4.69, 9.17) is 4.74 Å². The van der Waals surface area contributed by atoms with E-state index in [9.17, 15) is 24.5 Å². The SMILES string of the molecule is COc1cc([N+](=O)[O-])ccc1N1C(=O)[C@@H]2[C@@H]3CCCN3[C@]3(C(=O)Nc4c(C)cc(C)cc43)[C@H]2C1=O. The number of nitrogens with zero attached hydrogens (tertiary/aromatic N) is 3. The van der Waals surface area contributed by atoms with Crippen molar-refractivity contribution in [1.29, 1.82) is 0 Å². The number of hydrogen-bond donors (Lipinski definition) is 1. The zero-order chi connectivity index (χ0) is 24.8. The average molecular weight is 476 g/mol. The Balaban J connectivity index is 1.55. The van der Waals surface area contributed by atoms with Crippen molar-refractivity contribution in [2.45, 2.75) is 38.3 Å². The third-order valence-electron chi connectivity index (χ3n) is 8.06. The van der Waals surface area contributed by atoms with Crippen LogP contribution < -0.4 is 15.0 Å². The fraction of sp³-hybridized carbons (Fsp3) is 0.400. The van der Waals surface area contributed by atoms with Gasteiger partial charge in [-0.05, 0) is 44.9 Å². The van der Waals surface area contributed by atoms with Crippen LogP contribution in [0.4, 0.5) is 17.1 Å². The predicted molar refractivity (Wildman–Crippen MR) is 125 cm³/mol. The Morgan fingerprint density at radius 2 is 1.91 bits per heavy atom. The van der Waals surface area contributed by atoms with Gasteiger partial charge in [0.1, 0.15) is 11.3 Å². The Morgan fingerprint density at radius 1 is 1.14 bits per heavy atom. The van der Waals surface area contributed by atoms with Crippen LogP contribution in [-0.2, 0) is 19.9 Å². The molecule has 4 aliphatic rings. The molecule has 4 heterocycles. The highest BCUT2D eigenvalue weighted by Gasteiger charge is 2.74. The van der Waals surface area contributed by atoms with Gasteiger partial charge in [-0.15, -0.1) is 0 Å². The zero-order valence-electron chi connectivity index (χ0n) is 19.5. The van der Waals surface area contributed by atoms with E-state index < -0.39 is 34.1 Å². The Kier molecular flexibility index (Phi) is 4.41. The fourth-order valence-corrected chi connectivity index (χ4v) is 6.86. The molecule has 1 spiro atoms. The van der Waals surface area contributed by atoms with Crippen molar-refractivity contribution in [3.63, 3.8) is 0 Å². The molecular weight excluding hydrogens is 452 g/mol. The summed E-state index contributed by atoms with van der Waals surface area (Å²) >= 11 is 0. The Bertz CT molecular complexity index is 1360. The molecule has 3 amide bonds. The van der Waals surface area contributed by atoms with Crippen LogP contribution in [0, 0.1) is 35.8 Å². The third kappa shape index (κ3) is 2.54. The summed E-state index contributed by atoms with van der Waals surface area (Å²) in [6.07, 6.45) is 1.53. The van der Waals surface area contributed by atoms with Crippen LogP contribution in [0.2, 0.25) is 0 Å². The second-order valence-electron chi connectivity index (χ2n) is 9.76. The number of carbonyl (C=O) groups excluding carboxylic acids is 3. The number of nitro benzene ring substituents is 1. The minimum atomic E-state index is -1.27. The lowest BCUT2D eigenvalue weighted by Gasteiger charge is -2.37. The number of nitrogens with one attached hydrogen (secondary N) is 1. The topological polar surface area (TPSA) is 122 Å². The third-order valence-corrected chi connectivity index (χ3v) is 8.06. The van der Waals surface area contributed by atoms with E-state index in [0.717, 1.165) is 28.0 Å². The standard InChI is InChI=1S/C25H24N4O6/c1-12-9-13(2)21-15(10-12)25(24(32)26-21)20-19(17-5-4-8-27(17)25)22(30)28(23(20)31)16-7-6-14(29(33)34)11-18(16)35-3/h6-7,9-11,17,19-20H,4-5,8H2,1-3H3,(H,26,32)/t17-,19+,20+,25-/m0/s1. The molecule has 6 rings (SSSR count). The molecule has 3 fully saturated rings. The molecule has 4 aliphatic heterocycles. The molecule has 0 aliphatic carbocycles. The first kappa shape index (κ1) is 21.7. The van der Waals surface area contributed by atoms with Crippen LogP contribution in [-0.4, -0.2) is 47.2 Å². The van der Waals surface area contributed by atoms with Crippen molar-refractivity contribution in [3.8, 4) is 5.75 Å². The molecule has 4 atom stereocenters. The molecule has 35 heavy (non-hydrogen) atoms. The van der Waals surface area contributed by atoms with Gasteiger partial charge in [0.25, 0.3) is 5.69 Å². The van der Waals surface area contributed by atoms with E-state index in [1.165, 1.54) is 25.3 Å². The maximum atomic E-state index is 14.1. The molecule has 0 aromatic heterocycles. The van der Waals surface area contributed by atoms with Gasteiger partial charge >= 0.3 is 0 Å². The number of benzene rings is 2. The van der Waals surface area contributed by atoms with E-state index in [1.807, 2.05) is 26.0 Å². The van der Waals surface area contributed by atoms with Crippen LogP contribution in [0.1, 0.15) is 29.5 Å². The lowest BCUT2D eigenvalue weighted by molar-refractivity contribution is -0.384. The smallest absolute Gasteiger partial charge is 0.273 e. The summed E-state index contributed by atoms with van der Waals surface area (Å²) in [7, 11) is 1.33. The minimum Gasteiger partial charge on any atom is -0.494 e. The van der Waals surface area contributed by atoms with Crippen molar-refractivity contribution in [3.05, 3.63) is 57.1 Å². The molecule has 0 saturated carbocycles. The molecule has 0 bridgehead atoms. The molecule has 180 valence electrons. The van der Waals surface area contributed by atoms with Crippen LogP contribution in [0.25, 0.3) is 0 Å². The summed E-state index contributed by atoms with van der Waals surface area (Å²) in [6.45, 7) is 4.50. The van der Waals surface area contributed by atoms with Gasteiger partial charge in [-0.1, -0.05) is 17.7 Å². The average Bonchev–Trinajstić information content (AvgIpc) is 3.52. The highest BCUT2D eigenvalue weighted by molar-refractivity contribution is 6.26. The van der Waals surface area contributed by atoms with Crippen molar-refractivity contribution < 1.29 is 24.0 Å². The van der Waals surface area contributed by atoms with Gasteiger partial charge in [0.05, 0.1) is 35.6 Å². The number of methoxy groups -OCH3 is 1. The molecule has 10 heteroatoms. The predicted octanol–water partition coefficient (Wildman–Crippen LogP) is 2.65. The highest BCUT2D eigenvalue weighted by Crippen LogP contribution is 2.61. The Hall–Kier alpha value is -3.79. The van der Waals surface area contributed by atoms with Gasteiger partial charge in [0.15, 0.2) is 0 Å². The minimum absolute atomic E-state index is 0.0566. The number of rotatable bonds is 3. The Morgan fingerprint density at radius 3 is 2.63 bits per heavy atom. The molecule has 0 unspecified atom stereocenters. The monoisotopic (exact) mass is 476 g/mol. The first-order valence-electron chi connectivity index (χ1n) is 11.6. The zero-order valence-corrected chi connectivity index (χ0v) is 19.5. The summed E-state index contributed by atoms with van der Waals surface area (Å²) < 4.78 is 5.34. The van der Waals surface area contributed by atoms with Crippen molar-refractivity contribution >= 4 is 34.8 Å². The van der Waals surface area contributed by atoms with Crippen LogP contribution >= 0.6 is 0 Å². The van der Waals surface area contributed by atoms with Crippen molar-refractivity contribution in [1.82, 2.24) is 4.90 Å². The number of aryl methyl sites for hydroxylation is 2. The number of carbonyl (C=O) groups is 3. The van der Waals surface area contributed by atoms with Crippen molar-refractivity contribution in [2.75, 3.05) is 23.9 Å². The molecular formula is C25H24N4O6. The summed E-state index contributed by atoms with van der Waals surface area (Å²) in [5.41, 5.74) is 2.02. The molecule has 1 N–H and O–H groups in total. The van der Waals surface area contributed by atoms with Gasteiger partial charge in [-0.25, -0.2) is 4.90 Å². The largest absolute Gasteiger partial charge is 0.494 e. The number of imide groups is 1. The lowest BCUT2D eigenvalue weighted by atomic mass is 9.75. The van der Waals surface area contributed by atoms with E-state index in [1.54, 1.807) is 0 Å². The van der Waals surface area contributed by atoms with Gasteiger partial charge in [-0.2, -0.15) is 0 Å². The van der Waals surface area contributed by atoms with Gasteiger partial charge in [-0.3, -0.25) is 29.4 Å². The molecule has 3 saturated heterocycles. The van der Waals surface area contributed by atoms with Crippen molar-refractivity contribution in [2.24, 2.45) is 11.8 Å². The molecule has 10 nitrogen and oxygen atoms in total. The maximum absolute atomic E-state index is 14.1. The lowest BCUT2D eigenvalue weighted by Crippen LogP contribution is -2.54. The molecule has 2 aromatic carbocycles. The van der Waals surface area contributed by atoms with E-state index in [2.05, 4.69) is 10.2 Å². The Labute approximate surface area is 201 Å². The van der Waals surface area contributed by atoms with Crippen LogP contribution in [0.15, 0.2) is 30.3 Å². The highest BCUT2D eigenvalue weighted by atomic mass is 16.6. The fourth-order valence-electron chi connectivity index (χ4n) is 6.86. The molecule has 0 radical (unpaired) electrons. The normalized spacial score (nSPS) is 28.9. The summed E-state index contributed by atoms with van der Waals surface area (Å²) in [5, 5.41) is 14.3. The maximum Gasteiger partial charge on any atom is 0.273 e. The summed E-state index contributed by atoms with van der Waals surface area (Å²) in [6, 6.07) is 7.50. The second kappa shape index (κ2) is 7.11. The number of nitro groups is 1. The number of anilines is 2. The summed E-state index contributed by atoms with van der Waals surface area (Å²) in [5.74, 6) is -2.69. The van der Waals surface area contributed by atoms with E-state index in [0.29, 0.717) is 18.7 Å². The van der Waals surface area contributed by atoms with Crippen LogP contribution in [0.3, 0.4) is 0 Å². The number of ether oxygens (including phenoxy) is 1. The first-order chi connectivity index (χ1) is 16.7. The number of non-ortho nitro benzene ring substituents is 1.